The highest BCUT2D eigenvalue weighted by Crippen LogP contribution is 2.34. The topological polar surface area (TPSA) is 122 Å². The standard InChI is InChI=1S/C24H21BClN5O4S/c1-13-29-30-24-19(11-21(32)28-22-9-15(12-36-22)25(33)34)27-23(14-3-5-16(26)6-4-14)18-10-17(35-2)7-8-20(18)31(13)24/h3-10,12,19,33-34H,11H2,1-2H3,(H,28,32)/t19-/m0/s1. The molecule has 1 aliphatic rings. The Labute approximate surface area is 216 Å². The Morgan fingerprint density at radius 3 is 2.67 bits per heavy atom. The second-order valence-corrected chi connectivity index (χ2v) is 9.54. The molecule has 3 N–H and O–H groups in total. The van der Waals surface area contributed by atoms with Crippen LogP contribution in [0.4, 0.5) is 5.00 Å². The number of carbonyl (C=O) groups excluding carboxylic acids is 1. The second kappa shape index (κ2) is 9.86. The lowest BCUT2D eigenvalue weighted by Crippen LogP contribution is -2.28. The Hall–Kier alpha value is -3.51. The third-order valence-electron chi connectivity index (χ3n) is 5.81. The van der Waals surface area contributed by atoms with Gasteiger partial charge in [-0.2, -0.15) is 0 Å². The predicted octanol–water partition coefficient (Wildman–Crippen LogP) is 2.90. The summed E-state index contributed by atoms with van der Waals surface area (Å²) >= 11 is 7.34. The Morgan fingerprint density at radius 1 is 1.19 bits per heavy atom. The Kier molecular flexibility index (Phi) is 6.63. The fraction of sp³-hybridized carbons (Fsp3) is 0.167. The number of fused-ring (bicyclic) bond motifs is 3. The van der Waals surface area contributed by atoms with Crippen LogP contribution in [0.1, 0.15) is 35.2 Å². The van der Waals surface area contributed by atoms with Crippen molar-refractivity contribution in [1.29, 1.82) is 0 Å². The molecule has 0 spiro atoms. The third-order valence-corrected chi connectivity index (χ3v) is 6.93. The van der Waals surface area contributed by atoms with Crippen LogP contribution in [-0.4, -0.2) is 50.7 Å². The minimum absolute atomic E-state index is 0.00470. The Morgan fingerprint density at radius 2 is 1.97 bits per heavy atom. The number of amides is 1. The van der Waals surface area contributed by atoms with Crippen molar-refractivity contribution >= 4 is 52.1 Å². The third kappa shape index (κ3) is 4.65. The molecule has 36 heavy (non-hydrogen) atoms. The summed E-state index contributed by atoms with van der Waals surface area (Å²) in [4.78, 5) is 18.1. The molecule has 0 aliphatic carbocycles. The second-order valence-electron chi connectivity index (χ2n) is 8.19. The summed E-state index contributed by atoms with van der Waals surface area (Å²) in [6, 6.07) is 13.9. The molecule has 0 radical (unpaired) electrons. The first-order chi connectivity index (χ1) is 17.3. The maximum atomic E-state index is 13.1. The lowest BCUT2D eigenvalue weighted by molar-refractivity contribution is -0.116. The van der Waals surface area contributed by atoms with Crippen LogP contribution in [0.15, 0.2) is 58.9 Å². The fourth-order valence-electron chi connectivity index (χ4n) is 4.09. The number of anilines is 1. The zero-order valence-corrected chi connectivity index (χ0v) is 20.9. The van der Waals surface area contributed by atoms with Gasteiger partial charge >= 0.3 is 7.12 Å². The number of ether oxygens (including phenoxy) is 1. The van der Waals surface area contributed by atoms with Gasteiger partial charge in [-0.25, -0.2) is 0 Å². The minimum atomic E-state index is -1.60. The van der Waals surface area contributed by atoms with Gasteiger partial charge in [-0.3, -0.25) is 14.4 Å². The number of rotatable bonds is 6. The van der Waals surface area contributed by atoms with Crippen LogP contribution in [0.25, 0.3) is 5.69 Å². The average Bonchev–Trinajstić information content (AvgIpc) is 3.45. The molecule has 0 saturated carbocycles. The van der Waals surface area contributed by atoms with Crippen LogP contribution >= 0.6 is 22.9 Å². The van der Waals surface area contributed by atoms with E-state index in [-0.39, 0.29) is 12.3 Å². The van der Waals surface area contributed by atoms with Gasteiger partial charge in [-0.1, -0.05) is 23.7 Å². The van der Waals surface area contributed by atoms with Crippen molar-refractivity contribution in [2.75, 3.05) is 12.4 Å². The van der Waals surface area contributed by atoms with E-state index in [9.17, 15) is 14.8 Å². The number of methoxy groups -OCH3 is 1. The van der Waals surface area contributed by atoms with E-state index in [0.717, 1.165) is 16.8 Å². The molecule has 1 amide bonds. The van der Waals surface area contributed by atoms with Crippen LogP contribution in [0, 0.1) is 6.92 Å². The van der Waals surface area contributed by atoms with Crippen molar-refractivity contribution in [2.45, 2.75) is 19.4 Å². The van der Waals surface area contributed by atoms with Crippen molar-refractivity contribution < 1.29 is 19.6 Å². The van der Waals surface area contributed by atoms with E-state index in [4.69, 9.17) is 21.3 Å². The summed E-state index contributed by atoms with van der Waals surface area (Å²) < 4.78 is 7.39. The average molecular weight is 522 g/mol. The van der Waals surface area contributed by atoms with Gasteiger partial charge in [0.25, 0.3) is 0 Å². The van der Waals surface area contributed by atoms with Gasteiger partial charge in [-0.15, -0.1) is 21.5 Å². The molecular weight excluding hydrogens is 501 g/mol. The molecule has 0 saturated heterocycles. The number of aryl methyl sites for hydroxylation is 1. The first kappa shape index (κ1) is 24.2. The van der Waals surface area contributed by atoms with Crippen LogP contribution in [0.5, 0.6) is 5.75 Å². The molecule has 0 fully saturated rings. The van der Waals surface area contributed by atoms with E-state index in [1.54, 1.807) is 24.6 Å². The van der Waals surface area contributed by atoms with Gasteiger partial charge in [0, 0.05) is 16.1 Å². The molecule has 2 aromatic heterocycles. The molecule has 4 aromatic rings. The molecule has 2 aromatic carbocycles. The highest BCUT2D eigenvalue weighted by molar-refractivity contribution is 7.15. The van der Waals surface area contributed by atoms with Gasteiger partial charge in [-0.05, 0) is 54.2 Å². The molecule has 1 aliphatic heterocycles. The number of hydrogen-bond acceptors (Lipinski definition) is 8. The predicted molar refractivity (Wildman–Crippen MR) is 140 cm³/mol. The number of halogens is 1. The van der Waals surface area contributed by atoms with Gasteiger partial charge < -0.3 is 20.1 Å². The van der Waals surface area contributed by atoms with Gasteiger partial charge in [0.2, 0.25) is 5.91 Å². The molecule has 1 atom stereocenters. The number of carbonyl (C=O) groups is 1. The molecule has 12 heteroatoms. The molecule has 0 unspecified atom stereocenters. The SMILES string of the molecule is COc1ccc2c(c1)C(c1ccc(Cl)cc1)=N[C@@H](CC(=O)Nc1cc(B(O)O)cs1)c1nnc(C)n1-2. The van der Waals surface area contributed by atoms with Crippen LogP contribution in [-0.2, 0) is 4.79 Å². The number of nitrogens with one attached hydrogen (secondary N) is 1. The van der Waals surface area contributed by atoms with Crippen molar-refractivity contribution in [1.82, 2.24) is 14.8 Å². The highest BCUT2D eigenvalue weighted by atomic mass is 35.5. The summed E-state index contributed by atoms with van der Waals surface area (Å²) in [6.07, 6.45) is -0.00470. The van der Waals surface area contributed by atoms with Gasteiger partial charge in [0.05, 0.1) is 29.9 Å². The summed E-state index contributed by atoms with van der Waals surface area (Å²) in [6.45, 7) is 1.85. The molecule has 9 nitrogen and oxygen atoms in total. The molecular formula is C24H21BClN5O4S. The van der Waals surface area contributed by atoms with E-state index in [2.05, 4.69) is 15.5 Å². The quantitative estimate of drug-likeness (QED) is 0.335. The number of thiophene rings is 1. The molecule has 3 heterocycles. The van der Waals surface area contributed by atoms with E-state index in [1.165, 1.54) is 17.4 Å². The lowest BCUT2D eigenvalue weighted by Gasteiger charge is -2.14. The van der Waals surface area contributed by atoms with Crippen LogP contribution < -0.4 is 15.5 Å². The molecule has 182 valence electrons. The molecule has 0 bridgehead atoms. The van der Waals surface area contributed by atoms with Gasteiger partial charge in [0.15, 0.2) is 5.82 Å². The summed E-state index contributed by atoms with van der Waals surface area (Å²) in [7, 11) is 0.00337. The normalized spacial score (nSPS) is 14.4. The number of benzene rings is 2. The lowest BCUT2D eigenvalue weighted by atomic mass is 9.83. The zero-order chi connectivity index (χ0) is 25.4. The van der Waals surface area contributed by atoms with E-state index in [1.807, 2.05) is 41.8 Å². The maximum absolute atomic E-state index is 13.1. The minimum Gasteiger partial charge on any atom is -0.497 e. The first-order valence-electron chi connectivity index (χ1n) is 11.0. The fourth-order valence-corrected chi connectivity index (χ4v) is 5.05. The number of aliphatic imine (C=N–C) groups is 1. The highest BCUT2D eigenvalue weighted by Gasteiger charge is 2.30. The van der Waals surface area contributed by atoms with E-state index < -0.39 is 13.2 Å². The number of hydrogen-bond donors (Lipinski definition) is 3. The smallest absolute Gasteiger partial charge is 0.489 e. The van der Waals surface area contributed by atoms with E-state index >= 15 is 0 Å². The zero-order valence-electron chi connectivity index (χ0n) is 19.3. The molecule has 5 rings (SSSR count). The van der Waals surface area contributed by atoms with Crippen LogP contribution in [0.3, 0.4) is 0 Å². The number of aromatic nitrogens is 3. The summed E-state index contributed by atoms with van der Waals surface area (Å²) in [5.41, 5.74) is 3.45. The van der Waals surface area contributed by atoms with Crippen molar-refractivity contribution in [3.63, 3.8) is 0 Å². The van der Waals surface area contributed by atoms with Crippen molar-refractivity contribution in [3.8, 4) is 11.4 Å². The van der Waals surface area contributed by atoms with Crippen molar-refractivity contribution in [3.05, 3.63) is 81.7 Å². The first-order valence-corrected chi connectivity index (χ1v) is 12.3. The van der Waals surface area contributed by atoms with Crippen molar-refractivity contribution in [2.24, 2.45) is 4.99 Å². The van der Waals surface area contributed by atoms with Gasteiger partial charge in [0.1, 0.15) is 17.6 Å². The van der Waals surface area contributed by atoms with E-state index in [0.29, 0.717) is 38.6 Å². The summed E-state index contributed by atoms with van der Waals surface area (Å²) in [5, 5.41) is 32.8. The summed E-state index contributed by atoms with van der Waals surface area (Å²) in [5.74, 6) is 1.57. The maximum Gasteiger partial charge on any atom is 0.489 e. The monoisotopic (exact) mass is 521 g/mol. The number of nitrogens with zero attached hydrogens (tertiary/aromatic N) is 4. The van der Waals surface area contributed by atoms with Crippen LogP contribution in [0.2, 0.25) is 5.02 Å². The largest absolute Gasteiger partial charge is 0.497 e. The Balaban J connectivity index is 1.58. The Bertz CT molecular complexity index is 1470.